The molecule has 17 heteroatoms. The van der Waals surface area contributed by atoms with E-state index < -0.39 is 58.9 Å². The molecule has 0 aliphatic carbocycles. The minimum absolute atomic E-state index is 0.0343. The second-order valence-electron chi connectivity index (χ2n) is 13.7. The molecule has 1 heterocycles. The van der Waals surface area contributed by atoms with E-state index in [1.54, 1.807) is 38.1 Å². The Morgan fingerprint density at radius 1 is 0.922 bits per heavy atom. The molecule has 1 aliphatic heterocycles. The summed E-state index contributed by atoms with van der Waals surface area (Å²) >= 11 is 6.24. The second-order valence-corrected chi connectivity index (χ2v) is 15.3. The lowest BCUT2D eigenvalue weighted by Crippen LogP contribution is -2.54. The molecule has 2 rings (SSSR count). The maximum atomic E-state index is 13.4. The molecule has 7 amide bonds. The van der Waals surface area contributed by atoms with E-state index in [-0.39, 0.29) is 60.6 Å². The molecule has 0 saturated carbocycles. The number of nitrogens with two attached hydrogens (primary N) is 1. The third kappa shape index (κ3) is 14.6. The van der Waals surface area contributed by atoms with Crippen LogP contribution >= 0.6 is 31.9 Å². The largest absolute Gasteiger partial charge is 0.392 e. The molecule has 15 nitrogen and oxygen atoms in total. The number of rotatable bonds is 21. The molecule has 0 radical (unpaired) electrons. The van der Waals surface area contributed by atoms with Gasteiger partial charge >= 0.3 is 6.03 Å². The van der Waals surface area contributed by atoms with Crippen LogP contribution in [-0.4, -0.2) is 95.2 Å². The van der Waals surface area contributed by atoms with Gasteiger partial charge in [-0.1, -0.05) is 26.0 Å². The van der Waals surface area contributed by atoms with Crippen molar-refractivity contribution in [3.05, 3.63) is 38.8 Å². The van der Waals surface area contributed by atoms with Crippen LogP contribution in [0.3, 0.4) is 0 Å². The number of urea groups is 1. The van der Waals surface area contributed by atoms with Crippen LogP contribution in [-0.2, 0) is 40.1 Å². The van der Waals surface area contributed by atoms with E-state index in [1.165, 1.54) is 0 Å². The van der Waals surface area contributed by atoms with E-state index in [0.29, 0.717) is 24.1 Å². The molecule has 1 aliphatic rings. The van der Waals surface area contributed by atoms with Crippen molar-refractivity contribution in [2.45, 2.75) is 97.1 Å². The number of hydrogen-bond acceptors (Lipinski definition) is 9. The number of amides is 7. The van der Waals surface area contributed by atoms with Crippen molar-refractivity contribution in [3.8, 4) is 0 Å². The van der Waals surface area contributed by atoms with Gasteiger partial charge in [-0.2, -0.15) is 0 Å². The quantitative estimate of drug-likeness (QED) is 0.0791. The van der Waals surface area contributed by atoms with E-state index in [4.69, 9.17) is 15.2 Å². The normalized spacial score (nSPS) is 14.8. The highest BCUT2D eigenvalue weighted by atomic mass is 79.9. The van der Waals surface area contributed by atoms with Crippen LogP contribution in [0, 0.1) is 5.92 Å². The zero-order valence-electron chi connectivity index (χ0n) is 29.9. The van der Waals surface area contributed by atoms with Crippen molar-refractivity contribution in [2.75, 3.05) is 31.6 Å². The highest BCUT2D eigenvalue weighted by Crippen LogP contribution is 2.30. The number of benzene rings is 1. The van der Waals surface area contributed by atoms with E-state index >= 15 is 0 Å². The molecular weight excluding hydrogens is 796 g/mol. The zero-order valence-corrected chi connectivity index (χ0v) is 33.1. The molecule has 1 unspecified atom stereocenters. The van der Waals surface area contributed by atoms with Crippen LogP contribution in [0.25, 0.3) is 0 Å². The lowest BCUT2D eigenvalue weighted by molar-refractivity contribution is -0.142. The maximum absolute atomic E-state index is 13.4. The predicted octanol–water partition coefficient (Wildman–Crippen LogP) is 2.93. The van der Waals surface area contributed by atoms with Gasteiger partial charge in [-0.3, -0.25) is 28.9 Å². The number of carbonyl (C=O) groups is 6. The number of imide groups is 1. The molecule has 0 aromatic heterocycles. The number of anilines is 1. The van der Waals surface area contributed by atoms with Gasteiger partial charge in [0.05, 0.1) is 37.4 Å². The van der Waals surface area contributed by atoms with Gasteiger partial charge in [0.25, 0.3) is 11.8 Å². The van der Waals surface area contributed by atoms with Crippen molar-refractivity contribution in [1.29, 1.82) is 0 Å². The van der Waals surface area contributed by atoms with E-state index in [0.717, 1.165) is 4.90 Å². The molecule has 1 aromatic rings. The average Bonchev–Trinajstić information content (AvgIpc) is 3.24. The molecule has 0 bridgehead atoms. The number of hydrogen-bond donors (Lipinski definition) is 6. The smallest absolute Gasteiger partial charge is 0.312 e. The van der Waals surface area contributed by atoms with Gasteiger partial charge in [-0.05, 0) is 102 Å². The molecule has 0 fully saturated rings. The Kier molecular flexibility index (Phi) is 17.2. The Morgan fingerprint density at radius 3 is 2.08 bits per heavy atom. The topological polar surface area (TPSA) is 218 Å². The van der Waals surface area contributed by atoms with Crippen molar-refractivity contribution in [3.63, 3.8) is 0 Å². The fourth-order valence-electron chi connectivity index (χ4n) is 4.76. The standard InChI is InChI=1S/C34H50Br2N6O9/c1-20(2)27(29(46)40-23(8-7-15-38-32(37)49)28(45)39-22-11-9-21(18-43)10-12-22)41-24(44)13-17-50-34(5,6)19-51-33(3,4)14-16-42-30(47)25(35)26(36)31(42)48/h9-12,20,23,27,43H,7-8,13-19H2,1-6H3,(H,39,45)(H,40,46)(H,41,44)(H3,37,38,49)/t23-,27?/m0/s1. The zero-order chi connectivity index (χ0) is 38.5. The van der Waals surface area contributed by atoms with Gasteiger partial charge in [0.15, 0.2) is 0 Å². The first-order chi connectivity index (χ1) is 23.8. The fraction of sp³-hybridized carbons (Fsp3) is 0.588. The number of nitrogens with one attached hydrogen (secondary N) is 4. The van der Waals surface area contributed by atoms with Crippen molar-refractivity contribution < 1.29 is 43.3 Å². The highest BCUT2D eigenvalue weighted by Gasteiger charge is 2.37. The first kappa shape index (κ1) is 43.8. The average molecular weight is 847 g/mol. The summed E-state index contributed by atoms with van der Waals surface area (Å²) in [5, 5.41) is 20.0. The van der Waals surface area contributed by atoms with E-state index in [9.17, 15) is 33.9 Å². The van der Waals surface area contributed by atoms with Gasteiger partial charge in [-0.15, -0.1) is 0 Å². The Hall–Kier alpha value is -3.38. The first-order valence-corrected chi connectivity index (χ1v) is 18.2. The van der Waals surface area contributed by atoms with Gasteiger partial charge in [-0.25, -0.2) is 4.79 Å². The first-order valence-electron chi connectivity index (χ1n) is 16.6. The Labute approximate surface area is 315 Å². The third-order valence-corrected chi connectivity index (χ3v) is 9.90. The molecule has 7 N–H and O–H groups in total. The van der Waals surface area contributed by atoms with Crippen LogP contribution < -0.4 is 27.0 Å². The minimum atomic E-state index is -0.993. The third-order valence-electron chi connectivity index (χ3n) is 7.90. The lowest BCUT2D eigenvalue weighted by atomic mass is 10.0. The molecule has 51 heavy (non-hydrogen) atoms. The Balaban J connectivity index is 1.91. The van der Waals surface area contributed by atoms with Crippen molar-refractivity contribution >= 4 is 73.1 Å². The monoisotopic (exact) mass is 844 g/mol. The Morgan fingerprint density at radius 2 is 1.53 bits per heavy atom. The van der Waals surface area contributed by atoms with Crippen molar-refractivity contribution in [2.24, 2.45) is 11.7 Å². The van der Waals surface area contributed by atoms with Crippen molar-refractivity contribution in [1.82, 2.24) is 20.9 Å². The lowest BCUT2D eigenvalue weighted by Gasteiger charge is -2.33. The van der Waals surface area contributed by atoms with Gasteiger partial charge in [0.1, 0.15) is 21.0 Å². The summed E-state index contributed by atoms with van der Waals surface area (Å²) in [5.74, 6) is -2.63. The highest BCUT2D eigenvalue weighted by molar-refractivity contribution is 9.14. The summed E-state index contributed by atoms with van der Waals surface area (Å²) in [4.78, 5) is 76.4. The number of ether oxygens (including phenoxy) is 2. The van der Waals surface area contributed by atoms with Crippen LogP contribution in [0.15, 0.2) is 33.2 Å². The molecule has 0 saturated heterocycles. The van der Waals surface area contributed by atoms with E-state index in [2.05, 4.69) is 53.1 Å². The van der Waals surface area contributed by atoms with E-state index in [1.807, 2.05) is 27.7 Å². The van der Waals surface area contributed by atoms with Crippen LogP contribution in [0.5, 0.6) is 0 Å². The SMILES string of the molecule is CC(C)C(NC(=O)CCOC(C)(C)COC(C)(C)CCN1C(=O)C(Br)=C(Br)C1=O)C(=O)N[C@@H](CCCNC(N)=O)C(=O)Nc1ccc(CO)cc1. The number of nitrogens with zero attached hydrogens (tertiary/aromatic N) is 1. The summed E-state index contributed by atoms with van der Waals surface area (Å²) in [7, 11) is 0. The molecule has 2 atom stereocenters. The number of carbonyl (C=O) groups excluding carboxylic acids is 6. The molecule has 1 aromatic carbocycles. The summed E-state index contributed by atoms with van der Waals surface area (Å²) in [6.45, 7) is 11.2. The van der Waals surface area contributed by atoms with Gasteiger partial charge in [0.2, 0.25) is 17.7 Å². The van der Waals surface area contributed by atoms with Gasteiger partial charge in [0, 0.05) is 18.8 Å². The summed E-state index contributed by atoms with van der Waals surface area (Å²) < 4.78 is 12.4. The second kappa shape index (κ2) is 20.0. The minimum Gasteiger partial charge on any atom is -0.392 e. The number of halogens is 2. The van der Waals surface area contributed by atoms with Crippen LogP contribution in [0.4, 0.5) is 10.5 Å². The number of aliphatic hydroxyl groups is 1. The van der Waals surface area contributed by atoms with Crippen LogP contribution in [0.1, 0.15) is 72.8 Å². The molecular formula is C34H50Br2N6O9. The molecule has 0 spiro atoms. The number of aliphatic hydroxyl groups excluding tert-OH is 1. The maximum Gasteiger partial charge on any atom is 0.312 e. The predicted molar refractivity (Wildman–Crippen MR) is 197 cm³/mol. The summed E-state index contributed by atoms with van der Waals surface area (Å²) in [6, 6.07) is 3.91. The summed E-state index contributed by atoms with van der Waals surface area (Å²) in [5.41, 5.74) is 4.78. The fourth-order valence-corrected chi connectivity index (χ4v) is 5.52. The van der Waals surface area contributed by atoms with Gasteiger partial charge < -0.3 is 41.6 Å². The molecule has 284 valence electrons. The Bertz CT molecular complexity index is 1430. The summed E-state index contributed by atoms with van der Waals surface area (Å²) in [6.07, 6.45) is 0.843. The van der Waals surface area contributed by atoms with Crippen LogP contribution in [0.2, 0.25) is 0 Å². The number of primary amides is 1.